The number of methoxy groups -OCH3 is 1. The highest BCUT2D eigenvalue weighted by Crippen LogP contribution is 2.25. The SMILES string of the molecule is COc1ccc(C(N)CSc2ccc(Br)cn2)cc1F. The van der Waals surface area contributed by atoms with Crippen LogP contribution in [0, 0.1) is 5.82 Å². The fourth-order valence-corrected chi connectivity index (χ4v) is 2.70. The van der Waals surface area contributed by atoms with Gasteiger partial charge in [-0.05, 0) is 45.8 Å². The number of thioether (sulfide) groups is 1. The van der Waals surface area contributed by atoms with Gasteiger partial charge in [-0.3, -0.25) is 0 Å². The molecule has 3 nitrogen and oxygen atoms in total. The maximum atomic E-state index is 13.6. The topological polar surface area (TPSA) is 48.1 Å². The van der Waals surface area contributed by atoms with Crippen molar-refractivity contribution in [2.75, 3.05) is 12.9 Å². The lowest BCUT2D eigenvalue weighted by molar-refractivity contribution is 0.386. The van der Waals surface area contributed by atoms with Gasteiger partial charge in [0, 0.05) is 22.5 Å². The second-order valence-electron chi connectivity index (χ2n) is 4.13. The molecule has 1 aromatic carbocycles. The van der Waals surface area contributed by atoms with Crippen molar-refractivity contribution in [3.05, 3.63) is 52.4 Å². The molecule has 1 atom stereocenters. The first-order valence-electron chi connectivity index (χ1n) is 5.93. The monoisotopic (exact) mass is 356 g/mol. The van der Waals surface area contributed by atoms with Crippen molar-refractivity contribution in [2.45, 2.75) is 11.1 Å². The summed E-state index contributed by atoms with van der Waals surface area (Å²) in [6, 6.07) is 8.36. The summed E-state index contributed by atoms with van der Waals surface area (Å²) < 4.78 is 19.4. The van der Waals surface area contributed by atoms with Crippen LogP contribution in [0.5, 0.6) is 5.75 Å². The van der Waals surface area contributed by atoms with E-state index in [-0.39, 0.29) is 11.8 Å². The molecule has 2 aromatic rings. The largest absolute Gasteiger partial charge is 0.494 e. The van der Waals surface area contributed by atoms with Gasteiger partial charge in [-0.2, -0.15) is 0 Å². The zero-order valence-corrected chi connectivity index (χ0v) is 13.2. The molecule has 2 N–H and O–H groups in total. The van der Waals surface area contributed by atoms with E-state index in [9.17, 15) is 4.39 Å². The predicted octanol–water partition coefficient (Wildman–Crippen LogP) is 3.78. The predicted molar refractivity (Wildman–Crippen MR) is 82.5 cm³/mol. The molecule has 0 bridgehead atoms. The molecule has 0 radical (unpaired) electrons. The molecule has 0 saturated carbocycles. The van der Waals surface area contributed by atoms with Gasteiger partial charge in [-0.1, -0.05) is 6.07 Å². The van der Waals surface area contributed by atoms with Gasteiger partial charge in [0.15, 0.2) is 11.6 Å². The van der Waals surface area contributed by atoms with Gasteiger partial charge in [-0.25, -0.2) is 9.37 Å². The van der Waals surface area contributed by atoms with Gasteiger partial charge in [0.25, 0.3) is 0 Å². The Morgan fingerprint density at radius 3 is 2.80 bits per heavy atom. The fourth-order valence-electron chi connectivity index (χ4n) is 1.63. The minimum absolute atomic E-state index is 0.225. The summed E-state index contributed by atoms with van der Waals surface area (Å²) >= 11 is 4.87. The van der Waals surface area contributed by atoms with E-state index in [1.165, 1.54) is 24.9 Å². The van der Waals surface area contributed by atoms with Crippen LogP contribution in [0.15, 0.2) is 46.0 Å². The Labute approximate surface area is 129 Å². The second kappa shape index (κ2) is 7.06. The van der Waals surface area contributed by atoms with E-state index in [2.05, 4.69) is 20.9 Å². The van der Waals surface area contributed by atoms with Crippen LogP contribution in [-0.4, -0.2) is 17.8 Å². The molecule has 0 aliphatic carbocycles. The van der Waals surface area contributed by atoms with Gasteiger partial charge < -0.3 is 10.5 Å². The van der Waals surface area contributed by atoms with E-state index in [1.54, 1.807) is 18.3 Å². The minimum Gasteiger partial charge on any atom is -0.494 e. The Kier molecular flexibility index (Phi) is 5.39. The molecule has 1 heterocycles. The number of ether oxygens (including phenoxy) is 1. The Balaban J connectivity index is 1.99. The Morgan fingerprint density at radius 2 is 2.20 bits per heavy atom. The quantitative estimate of drug-likeness (QED) is 0.828. The van der Waals surface area contributed by atoms with Crippen molar-refractivity contribution in [3.8, 4) is 5.75 Å². The lowest BCUT2D eigenvalue weighted by atomic mass is 10.1. The van der Waals surface area contributed by atoms with Crippen LogP contribution in [0.2, 0.25) is 0 Å². The summed E-state index contributed by atoms with van der Waals surface area (Å²) in [5.41, 5.74) is 6.81. The zero-order chi connectivity index (χ0) is 14.5. The van der Waals surface area contributed by atoms with Gasteiger partial charge in [0.1, 0.15) is 0 Å². The molecule has 2 rings (SSSR count). The molecule has 0 saturated heterocycles. The lowest BCUT2D eigenvalue weighted by Gasteiger charge is -2.12. The van der Waals surface area contributed by atoms with Crippen LogP contribution >= 0.6 is 27.7 Å². The number of hydrogen-bond donors (Lipinski definition) is 1. The van der Waals surface area contributed by atoms with Gasteiger partial charge in [0.05, 0.1) is 12.1 Å². The summed E-state index contributed by atoms with van der Waals surface area (Å²) in [5, 5.41) is 0.887. The van der Waals surface area contributed by atoms with E-state index >= 15 is 0 Å². The minimum atomic E-state index is -0.396. The van der Waals surface area contributed by atoms with E-state index in [0.29, 0.717) is 5.75 Å². The van der Waals surface area contributed by atoms with Crippen molar-refractivity contribution >= 4 is 27.7 Å². The summed E-state index contributed by atoms with van der Waals surface area (Å²) in [6.45, 7) is 0. The third-order valence-electron chi connectivity index (χ3n) is 2.72. The van der Waals surface area contributed by atoms with Crippen LogP contribution in [0.1, 0.15) is 11.6 Å². The number of pyridine rings is 1. The van der Waals surface area contributed by atoms with E-state index in [0.717, 1.165) is 15.1 Å². The van der Waals surface area contributed by atoms with E-state index < -0.39 is 5.82 Å². The average molecular weight is 357 g/mol. The maximum Gasteiger partial charge on any atom is 0.165 e. The van der Waals surface area contributed by atoms with Crippen molar-refractivity contribution < 1.29 is 9.13 Å². The molecule has 1 unspecified atom stereocenters. The highest BCUT2D eigenvalue weighted by molar-refractivity contribution is 9.10. The van der Waals surface area contributed by atoms with Crippen LogP contribution in [0.3, 0.4) is 0 Å². The van der Waals surface area contributed by atoms with Crippen LogP contribution in [0.4, 0.5) is 4.39 Å². The standard InChI is InChI=1S/C14H14BrFN2OS/c1-19-13-4-2-9(6-11(13)16)12(17)8-20-14-5-3-10(15)7-18-14/h2-7,12H,8,17H2,1H3. The molecule has 0 aliphatic heterocycles. The summed E-state index contributed by atoms with van der Waals surface area (Å²) in [7, 11) is 1.44. The molecule has 0 fully saturated rings. The Morgan fingerprint density at radius 1 is 1.40 bits per heavy atom. The number of nitrogens with zero attached hydrogens (tertiary/aromatic N) is 1. The smallest absolute Gasteiger partial charge is 0.165 e. The number of benzene rings is 1. The first-order valence-corrected chi connectivity index (χ1v) is 7.71. The van der Waals surface area contributed by atoms with Gasteiger partial charge in [-0.15, -0.1) is 11.8 Å². The first kappa shape index (κ1) is 15.3. The third kappa shape index (κ3) is 3.94. The highest BCUT2D eigenvalue weighted by Gasteiger charge is 2.11. The molecular weight excluding hydrogens is 343 g/mol. The normalized spacial score (nSPS) is 12.2. The molecule has 6 heteroatoms. The Hall–Kier alpha value is -1.11. The number of nitrogens with two attached hydrogens (primary N) is 1. The first-order chi connectivity index (χ1) is 9.60. The fraction of sp³-hybridized carbons (Fsp3) is 0.214. The molecule has 0 aliphatic rings. The van der Waals surface area contributed by atoms with Crippen molar-refractivity contribution in [2.24, 2.45) is 5.73 Å². The van der Waals surface area contributed by atoms with Crippen molar-refractivity contribution in [1.82, 2.24) is 4.98 Å². The van der Waals surface area contributed by atoms with Gasteiger partial charge >= 0.3 is 0 Å². The Bertz CT molecular complexity index is 580. The second-order valence-corrected chi connectivity index (χ2v) is 6.08. The molecular formula is C14H14BrFN2OS. The number of hydrogen-bond acceptors (Lipinski definition) is 4. The molecule has 20 heavy (non-hydrogen) atoms. The van der Waals surface area contributed by atoms with E-state index in [4.69, 9.17) is 10.5 Å². The zero-order valence-electron chi connectivity index (χ0n) is 10.8. The molecule has 0 amide bonds. The lowest BCUT2D eigenvalue weighted by Crippen LogP contribution is -2.13. The maximum absolute atomic E-state index is 13.6. The van der Waals surface area contributed by atoms with Crippen LogP contribution in [0.25, 0.3) is 0 Å². The molecule has 1 aromatic heterocycles. The van der Waals surface area contributed by atoms with E-state index in [1.807, 2.05) is 12.1 Å². The number of halogens is 2. The van der Waals surface area contributed by atoms with Crippen molar-refractivity contribution in [1.29, 1.82) is 0 Å². The highest BCUT2D eigenvalue weighted by atomic mass is 79.9. The number of aromatic nitrogens is 1. The molecule has 106 valence electrons. The summed E-state index contributed by atoms with van der Waals surface area (Å²) in [4.78, 5) is 4.26. The number of rotatable bonds is 5. The molecule has 0 spiro atoms. The average Bonchev–Trinajstić information content (AvgIpc) is 2.46. The summed E-state index contributed by atoms with van der Waals surface area (Å²) in [6.07, 6.45) is 1.74. The third-order valence-corrected chi connectivity index (χ3v) is 4.25. The summed E-state index contributed by atoms with van der Waals surface area (Å²) in [5.74, 6) is 0.454. The van der Waals surface area contributed by atoms with Crippen LogP contribution in [-0.2, 0) is 0 Å². The van der Waals surface area contributed by atoms with Crippen LogP contribution < -0.4 is 10.5 Å². The van der Waals surface area contributed by atoms with Gasteiger partial charge in [0.2, 0.25) is 0 Å². The van der Waals surface area contributed by atoms with Crippen molar-refractivity contribution in [3.63, 3.8) is 0 Å².